The summed E-state index contributed by atoms with van der Waals surface area (Å²) in [5.74, 6) is 1.51. The molecule has 2 aliphatic heterocycles. The van der Waals surface area contributed by atoms with E-state index in [0.29, 0.717) is 19.6 Å². The Morgan fingerprint density at radius 3 is 3.10 bits per heavy atom. The first-order valence-corrected chi connectivity index (χ1v) is 6.77. The van der Waals surface area contributed by atoms with Crippen molar-refractivity contribution in [2.24, 2.45) is 0 Å². The summed E-state index contributed by atoms with van der Waals surface area (Å²) in [7, 11) is 0. The van der Waals surface area contributed by atoms with Crippen LogP contribution in [0.1, 0.15) is 12.0 Å². The molecule has 108 valence electrons. The Bertz CT molecular complexity index is 486. The number of amides is 1. The third kappa shape index (κ3) is 3.20. The van der Waals surface area contributed by atoms with Crippen molar-refractivity contribution in [1.29, 1.82) is 0 Å². The molecule has 3 rings (SSSR count). The van der Waals surface area contributed by atoms with Gasteiger partial charge in [-0.05, 0) is 17.7 Å². The second-order valence-corrected chi connectivity index (χ2v) is 4.89. The van der Waals surface area contributed by atoms with Gasteiger partial charge in [-0.1, -0.05) is 6.07 Å². The molecule has 1 unspecified atom stereocenters. The molecule has 1 saturated heterocycles. The van der Waals surface area contributed by atoms with Gasteiger partial charge in [0.15, 0.2) is 11.5 Å². The zero-order valence-corrected chi connectivity index (χ0v) is 11.2. The van der Waals surface area contributed by atoms with Crippen LogP contribution < -0.4 is 20.1 Å². The summed E-state index contributed by atoms with van der Waals surface area (Å²) in [5.41, 5.74) is 0.996. The Morgan fingerprint density at radius 2 is 2.25 bits per heavy atom. The van der Waals surface area contributed by atoms with Crippen molar-refractivity contribution in [3.8, 4) is 11.5 Å². The molecule has 0 bridgehead atoms. The van der Waals surface area contributed by atoms with Crippen LogP contribution >= 0.6 is 0 Å². The number of morpholine rings is 1. The topological polar surface area (TPSA) is 68.8 Å². The van der Waals surface area contributed by atoms with Crippen molar-refractivity contribution in [3.63, 3.8) is 0 Å². The summed E-state index contributed by atoms with van der Waals surface area (Å²) in [6.45, 7) is 2.87. The highest BCUT2D eigenvalue weighted by molar-refractivity contribution is 5.76. The van der Waals surface area contributed by atoms with Gasteiger partial charge in [0, 0.05) is 25.6 Å². The second kappa shape index (κ2) is 6.11. The second-order valence-electron chi connectivity index (χ2n) is 4.89. The average Bonchev–Trinajstić information content (AvgIpc) is 2.93. The lowest BCUT2D eigenvalue weighted by atomic mass is 10.1. The number of carbonyl (C=O) groups is 1. The summed E-state index contributed by atoms with van der Waals surface area (Å²) in [6.07, 6.45) is 0.435. The molecular weight excluding hydrogens is 260 g/mol. The molecule has 6 heteroatoms. The molecule has 1 aromatic rings. The van der Waals surface area contributed by atoms with E-state index in [4.69, 9.17) is 14.2 Å². The molecule has 1 atom stereocenters. The average molecular weight is 278 g/mol. The molecule has 2 aliphatic rings. The van der Waals surface area contributed by atoms with Crippen molar-refractivity contribution in [2.45, 2.75) is 19.0 Å². The van der Waals surface area contributed by atoms with Gasteiger partial charge in [0.25, 0.3) is 0 Å². The molecule has 0 saturated carbocycles. The van der Waals surface area contributed by atoms with E-state index in [2.05, 4.69) is 10.6 Å². The van der Waals surface area contributed by atoms with E-state index in [9.17, 15) is 4.79 Å². The van der Waals surface area contributed by atoms with Gasteiger partial charge in [-0.2, -0.15) is 0 Å². The number of nitrogens with one attached hydrogen (secondary N) is 2. The Hall–Kier alpha value is -1.79. The van der Waals surface area contributed by atoms with Crippen molar-refractivity contribution in [2.75, 3.05) is 26.6 Å². The van der Waals surface area contributed by atoms with E-state index in [1.54, 1.807) is 0 Å². The van der Waals surface area contributed by atoms with Crippen LogP contribution in [0.15, 0.2) is 18.2 Å². The zero-order chi connectivity index (χ0) is 13.8. The molecule has 2 N–H and O–H groups in total. The molecule has 1 amide bonds. The Labute approximate surface area is 117 Å². The quantitative estimate of drug-likeness (QED) is 0.835. The predicted molar refractivity (Wildman–Crippen MR) is 71.6 cm³/mol. The molecule has 2 heterocycles. The summed E-state index contributed by atoms with van der Waals surface area (Å²) < 4.78 is 15.9. The number of hydrogen-bond donors (Lipinski definition) is 2. The third-order valence-corrected chi connectivity index (χ3v) is 3.36. The summed E-state index contributed by atoms with van der Waals surface area (Å²) in [5, 5.41) is 6.17. The van der Waals surface area contributed by atoms with E-state index in [0.717, 1.165) is 30.2 Å². The number of fused-ring (bicyclic) bond motifs is 1. The molecule has 0 aromatic heterocycles. The first-order chi connectivity index (χ1) is 9.81. The maximum absolute atomic E-state index is 11.9. The van der Waals surface area contributed by atoms with Gasteiger partial charge in [-0.3, -0.25) is 4.79 Å². The van der Waals surface area contributed by atoms with E-state index >= 15 is 0 Å². The number of ether oxygens (including phenoxy) is 3. The third-order valence-electron chi connectivity index (χ3n) is 3.36. The van der Waals surface area contributed by atoms with Gasteiger partial charge in [-0.15, -0.1) is 0 Å². The minimum Gasteiger partial charge on any atom is -0.454 e. The molecular formula is C14H18N2O4. The van der Waals surface area contributed by atoms with Crippen molar-refractivity contribution in [1.82, 2.24) is 10.6 Å². The van der Waals surface area contributed by atoms with Gasteiger partial charge in [0.05, 0.1) is 13.2 Å². The predicted octanol–water partition coefficient (Wildman–Crippen LogP) is 0.410. The van der Waals surface area contributed by atoms with Crippen LogP contribution in [0.2, 0.25) is 0 Å². The lowest BCUT2D eigenvalue weighted by Crippen LogP contribution is -2.44. The van der Waals surface area contributed by atoms with E-state index in [1.165, 1.54) is 0 Å². The zero-order valence-electron chi connectivity index (χ0n) is 11.2. The van der Waals surface area contributed by atoms with Crippen LogP contribution in [-0.2, 0) is 16.1 Å². The standard InChI is InChI=1S/C14H18N2O4/c17-14(6-11-8-18-4-3-15-11)16-7-10-1-2-12-13(5-10)20-9-19-12/h1-2,5,11,15H,3-4,6-9H2,(H,16,17). The fraction of sp³-hybridized carbons (Fsp3) is 0.500. The maximum atomic E-state index is 11.9. The molecule has 0 radical (unpaired) electrons. The summed E-state index contributed by atoms with van der Waals surface area (Å²) in [4.78, 5) is 11.9. The van der Waals surface area contributed by atoms with Crippen LogP contribution in [-0.4, -0.2) is 38.5 Å². The van der Waals surface area contributed by atoms with Crippen molar-refractivity contribution in [3.05, 3.63) is 23.8 Å². The molecule has 1 fully saturated rings. The molecule has 1 aromatic carbocycles. The highest BCUT2D eigenvalue weighted by atomic mass is 16.7. The number of hydrogen-bond acceptors (Lipinski definition) is 5. The lowest BCUT2D eigenvalue weighted by molar-refractivity contribution is -0.122. The van der Waals surface area contributed by atoms with Crippen molar-refractivity contribution < 1.29 is 19.0 Å². The van der Waals surface area contributed by atoms with Crippen molar-refractivity contribution >= 4 is 5.91 Å². The Morgan fingerprint density at radius 1 is 1.35 bits per heavy atom. The van der Waals surface area contributed by atoms with Crippen LogP contribution in [0.3, 0.4) is 0 Å². The highest BCUT2D eigenvalue weighted by Gasteiger charge is 2.17. The Balaban J connectivity index is 1.47. The fourth-order valence-electron chi connectivity index (χ4n) is 2.30. The highest BCUT2D eigenvalue weighted by Crippen LogP contribution is 2.32. The summed E-state index contributed by atoms with van der Waals surface area (Å²) in [6, 6.07) is 5.79. The normalized spacial score (nSPS) is 20.7. The summed E-state index contributed by atoms with van der Waals surface area (Å²) >= 11 is 0. The van der Waals surface area contributed by atoms with Gasteiger partial charge in [-0.25, -0.2) is 0 Å². The van der Waals surface area contributed by atoms with Gasteiger partial charge in [0.1, 0.15) is 0 Å². The molecule has 20 heavy (non-hydrogen) atoms. The molecule has 0 aliphatic carbocycles. The smallest absolute Gasteiger partial charge is 0.231 e. The minimum atomic E-state index is 0.0191. The van der Waals surface area contributed by atoms with Crippen LogP contribution in [0.25, 0.3) is 0 Å². The molecule has 0 spiro atoms. The van der Waals surface area contributed by atoms with E-state index in [-0.39, 0.29) is 18.7 Å². The minimum absolute atomic E-state index is 0.0191. The van der Waals surface area contributed by atoms with E-state index in [1.807, 2.05) is 18.2 Å². The molecule has 6 nitrogen and oxygen atoms in total. The monoisotopic (exact) mass is 278 g/mol. The largest absolute Gasteiger partial charge is 0.454 e. The van der Waals surface area contributed by atoms with Gasteiger partial charge in [0.2, 0.25) is 12.7 Å². The first kappa shape index (κ1) is 13.2. The van der Waals surface area contributed by atoms with Crippen LogP contribution in [0.4, 0.5) is 0 Å². The fourth-order valence-corrected chi connectivity index (χ4v) is 2.30. The number of benzene rings is 1. The SMILES string of the molecule is O=C(CC1COCCN1)NCc1ccc2c(c1)OCO2. The van der Waals surface area contributed by atoms with Crippen LogP contribution in [0, 0.1) is 0 Å². The van der Waals surface area contributed by atoms with Crippen LogP contribution in [0.5, 0.6) is 11.5 Å². The van der Waals surface area contributed by atoms with E-state index < -0.39 is 0 Å². The maximum Gasteiger partial charge on any atom is 0.231 e. The lowest BCUT2D eigenvalue weighted by Gasteiger charge is -2.23. The van der Waals surface area contributed by atoms with Gasteiger partial charge >= 0.3 is 0 Å². The van der Waals surface area contributed by atoms with Gasteiger partial charge < -0.3 is 24.8 Å². The number of rotatable bonds is 4. The number of carbonyl (C=O) groups excluding carboxylic acids is 1. The Kier molecular flexibility index (Phi) is 4.03. The first-order valence-electron chi connectivity index (χ1n) is 6.77.